The van der Waals surface area contributed by atoms with Crippen molar-refractivity contribution in [1.29, 1.82) is 0 Å². The Labute approximate surface area is 291 Å². The maximum Gasteiger partial charge on any atom is 0.469 e. The number of hydrogen-bond acceptors (Lipinski definition) is 6. The first-order valence-electron chi connectivity index (χ1n) is 18.3. The van der Waals surface area contributed by atoms with Crippen molar-refractivity contribution in [2.24, 2.45) is 0 Å². The number of hydrogen-bond donors (Lipinski definition) is 2. The summed E-state index contributed by atoms with van der Waals surface area (Å²) in [6, 6.07) is 0. The summed E-state index contributed by atoms with van der Waals surface area (Å²) in [6.45, 7) is 3.46. The van der Waals surface area contributed by atoms with Gasteiger partial charge < -0.3 is 19.3 Å². The SMILES string of the molecule is CC/C=C/C=C/C=C/C=C/CCCCCCCC(=O)O[C@H](COC(=O)CCCC/C=C/C/C=C/CCCCCCCC)COP(=O)(O)O. The first kappa shape index (κ1) is 45.5. The minimum Gasteiger partial charge on any atom is -0.462 e. The predicted molar refractivity (Wildman–Crippen MR) is 197 cm³/mol. The Morgan fingerprint density at radius 1 is 0.583 bits per heavy atom. The van der Waals surface area contributed by atoms with Crippen molar-refractivity contribution in [1.82, 2.24) is 0 Å². The van der Waals surface area contributed by atoms with E-state index in [0.717, 1.165) is 64.2 Å². The van der Waals surface area contributed by atoms with Crippen molar-refractivity contribution in [3.63, 3.8) is 0 Å². The fourth-order valence-electron chi connectivity index (χ4n) is 4.59. The Balaban J connectivity index is 4.10. The molecule has 0 saturated carbocycles. The minimum atomic E-state index is -4.77. The van der Waals surface area contributed by atoms with Crippen molar-refractivity contribution < 1.29 is 37.9 Å². The highest BCUT2D eigenvalue weighted by Crippen LogP contribution is 2.35. The van der Waals surface area contributed by atoms with Gasteiger partial charge in [-0.2, -0.15) is 0 Å². The molecule has 0 aromatic carbocycles. The molecule has 0 saturated heterocycles. The van der Waals surface area contributed by atoms with Crippen molar-refractivity contribution in [2.75, 3.05) is 13.2 Å². The average molecular weight is 693 g/mol. The number of phosphoric ester groups is 1. The fraction of sp³-hybridized carbons (Fsp3) is 0.641. The van der Waals surface area contributed by atoms with Crippen molar-refractivity contribution in [3.05, 3.63) is 72.9 Å². The lowest BCUT2D eigenvalue weighted by atomic mass is 10.1. The van der Waals surface area contributed by atoms with Crippen LogP contribution in [0.15, 0.2) is 72.9 Å². The molecule has 0 amide bonds. The number of unbranched alkanes of at least 4 members (excludes halogenated alkanes) is 13. The Bertz CT molecular complexity index is 1010. The summed E-state index contributed by atoms with van der Waals surface area (Å²) in [5.41, 5.74) is 0. The topological polar surface area (TPSA) is 119 Å². The lowest BCUT2D eigenvalue weighted by molar-refractivity contribution is -0.161. The first-order valence-corrected chi connectivity index (χ1v) is 19.8. The normalized spacial score (nSPS) is 13.3. The van der Waals surface area contributed by atoms with Crippen molar-refractivity contribution in [3.8, 4) is 0 Å². The molecule has 0 heterocycles. The molecule has 0 aliphatic rings. The van der Waals surface area contributed by atoms with E-state index in [9.17, 15) is 14.2 Å². The van der Waals surface area contributed by atoms with Crippen LogP contribution < -0.4 is 0 Å². The van der Waals surface area contributed by atoms with Crippen LogP contribution in [0.1, 0.15) is 142 Å². The third-order valence-electron chi connectivity index (χ3n) is 7.30. The number of phosphoric acid groups is 1. The number of ether oxygens (including phenoxy) is 2. The molecule has 48 heavy (non-hydrogen) atoms. The molecule has 0 fully saturated rings. The van der Waals surface area contributed by atoms with Gasteiger partial charge in [0.05, 0.1) is 6.61 Å². The predicted octanol–water partition coefficient (Wildman–Crippen LogP) is 10.7. The van der Waals surface area contributed by atoms with Gasteiger partial charge >= 0.3 is 19.8 Å². The Kier molecular flexibility index (Phi) is 32.6. The molecule has 0 rings (SSSR count). The number of allylic oxidation sites excluding steroid dienone is 12. The van der Waals surface area contributed by atoms with Gasteiger partial charge in [-0.25, -0.2) is 4.57 Å². The smallest absolute Gasteiger partial charge is 0.462 e. The van der Waals surface area contributed by atoms with E-state index in [-0.39, 0.29) is 19.4 Å². The summed E-state index contributed by atoms with van der Waals surface area (Å²) < 4.78 is 26.2. The van der Waals surface area contributed by atoms with Crippen LogP contribution in [0.25, 0.3) is 0 Å². The van der Waals surface area contributed by atoms with Gasteiger partial charge in [0, 0.05) is 12.8 Å². The zero-order chi connectivity index (χ0) is 35.4. The highest BCUT2D eigenvalue weighted by atomic mass is 31.2. The van der Waals surface area contributed by atoms with Gasteiger partial charge in [0.1, 0.15) is 6.61 Å². The highest BCUT2D eigenvalue weighted by molar-refractivity contribution is 7.46. The average Bonchev–Trinajstić information content (AvgIpc) is 3.05. The molecule has 0 aromatic rings. The second kappa shape index (κ2) is 34.4. The summed E-state index contributed by atoms with van der Waals surface area (Å²) in [5, 5.41) is 0. The molecule has 8 nitrogen and oxygen atoms in total. The van der Waals surface area contributed by atoms with Crippen LogP contribution >= 0.6 is 7.82 Å². The molecular weight excluding hydrogens is 627 g/mol. The number of esters is 2. The Morgan fingerprint density at radius 2 is 1.08 bits per heavy atom. The van der Waals surface area contributed by atoms with Crippen LogP contribution in [0.3, 0.4) is 0 Å². The zero-order valence-electron chi connectivity index (χ0n) is 29.9. The molecule has 2 N–H and O–H groups in total. The van der Waals surface area contributed by atoms with Crippen LogP contribution in [0, 0.1) is 0 Å². The Morgan fingerprint density at radius 3 is 1.71 bits per heavy atom. The zero-order valence-corrected chi connectivity index (χ0v) is 30.7. The molecule has 0 aromatic heterocycles. The van der Waals surface area contributed by atoms with Gasteiger partial charge in [-0.15, -0.1) is 0 Å². The van der Waals surface area contributed by atoms with Gasteiger partial charge in [-0.05, 0) is 64.2 Å². The molecule has 274 valence electrons. The second-order valence-corrected chi connectivity index (χ2v) is 13.1. The van der Waals surface area contributed by atoms with Crippen LogP contribution in [0.4, 0.5) is 0 Å². The molecule has 0 spiro atoms. The van der Waals surface area contributed by atoms with Crippen LogP contribution in [-0.2, 0) is 28.2 Å². The second-order valence-electron chi connectivity index (χ2n) is 11.9. The summed E-state index contributed by atoms with van der Waals surface area (Å²) in [6.07, 6.45) is 43.4. The van der Waals surface area contributed by atoms with E-state index >= 15 is 0 Å². The lowest BCUT2D eigenvalue weighted by Gasteiger charge is -2.18. The van der Waals surface area contributed by atoms with Gasteiger partial charge in [-0.1, -0.05) is 138 Å². The number of rotatable bonds is 32. The van der Waals surface area contributed by atoms with Crippen molar-refractivity contribution in [2.45, 2.75) is 148 Å². The summed E-state index contributed by atoms with van der Waals surface area (Å²) in [7, 11) is -4.77. The summed E-state index contributed by atoms with van der Waals surface area (Å²) in [4.78, 5) is 42.6. The fourth-order valence-corrected chi connectivity index (χ4v) is 4.95. The molecule has 0 bridgehead atoms. The maximum absolute atomic E-state index is 12.3. The highest BCUT2D eigenvalue weighted by Gasteiger charge is 2.22. The van der Waals surface area contributed by atoms with E-state index in [0.29, 0.717) is 12.8 Å². The molecule has 1 atom stereocenters. The number of carbonyl (C=O) groups is 2. The molecule has 0 aliphatic heterocycles. The third-order valence-corrected chi connectivity index (χ3v) is 7.79. The maximum atomic E-state index is 12.3. The van der Waals surface area contributed by atoms with Crippen LogP contribution in [0.5, 0.6) is 0 Å². The van der Waals surface area contributed by atoms with Crippen LogP contribution in [0.2, 0.25) is 0 Å². The molecule has 0 unspecified atom stereocenters. The first-order chi connectivity index (χ1) is 23.3. The van der Waals surface area contributed by atoms with Crippen LogP contribution in [-0.4, -0.2) is 41.0 Å². The van der Waals surface area contributed by atoms with Gasteiger partial charge in [0.2, 0.25) is 0 Å². The minimum absolute atomic E-state index is 0.175. The largest absolute Gasteiger partial charge is 0.469 e. The van der Waals surface area contributed by atoms with E-state index in [4.69, 9.17) is 19.3 Å². The van der Waals surface area contributed by atoms with Gasteiger partial charge in [0.25, 0.3) is 0 Å². The lowest BCUT2D eigenvalue weighted by Crippen LogP contribution is -2.29. The number of carbonyl (C=O) groups excluding carboxylic acids is 2. The monoisotopic (exact) mass is 692 g/mol. The molecular formula is C39H65O8P. The van der Waals surface area contributed by atoms with Crippen molar-refractivity contribution >= 4 is 19.8 Å². The van der Waals surface area contributed by atoms with E-state index in [1.807, 2.05) is 36.5 Å². The summed E-state index contributed by atoms with van der Waals surface area (Å²) in [5.74, 6) is -0.959. The van der Waals surface area contributed by atoms with E-state index < -0.39 is 32.5 Å². The Hall–Kier alpha value is -2.51. The molecule has 9 heteroatoms. The van der Waals surface area contributed by atoms with Gasteiger partial charge in [0.15, 0.2) is 6.10 Å². The molecule has 0 aliphatic carbocycles. The quantitative estimate of drug-likeness (QED) is 0.0235. The molecule has 0 radical (unpaired) electrons. The van der Waals surface area contributed by atoms with Gasteiger partial charge in [-0.3, -0.25) is 14.1 Å². The van der Waals surface area contributed by atoms with E-state index in [1.165, 1.54) is 38.5 Å². The van der Waals surface area contributed by atoms with E-state index in [1.54, 1.807) is 0 Å². The summed E-state index contributed by atoms with van der Waals surface area (Å²) >= 11 is 0. The third kappa shape index (κ3) is 36.3. The standard InChI is InChI=1S/C39H65O8P/c1-3-5-7-9-11-13-15-17-19-21-23-25-27-29-31-33-38(40)45-35-37(36-46-48(42,43)44)47-39(41)34-32-30-28-26-24-22-20-18-16-14-12-10-8-6-4-2/h6,8,10,12,14,16-20,23,25,37H,3-5,7,9,11,13,15,21-22,24,26-36H2,1-2H3,(H2,42,43,44)/b8-6+,12-10+,16-14+,19-17+,20-18+,25-23+/t37-/m1/s1. The van der Waals surface area contributed by atoms with E-state index in [2.05, 4.69) is 54.8 Å².